The van der Waals surface area contributed by atoms with Gasteiger partial charge >= 0.3 is 42.7 Å². The number of nitrogens with zero attached hydrogens (tertiary/aromatic N) is 7. The molecule has 7 aliphatic rings. The first kappa shape index (κ1) is 53.4. The number of β-amino-alcohol motifs (C(OH)–C–C–N with tert-alkyl or cyclic N) is 7. The zero-order valence-electron chi connectivity index (χ0n) is 89.0. The highest BCUT2D eigenvalue weighted by atomic mass is 16.6. The summed E-state index contributed by atoms with van der Waals surface area (Å²) < 4.78 is 249. The molecule has 7 amide bonds. The molecule has 0 radical (unpaired) electrons. The number of likely N-dealkylation sites (tertiary alicyclic amines) is 7. The maximum atomic E-state index is 12.1. The van der Waals surface area contributed by atoms with Gasteiger partial charge in [0.15, 0.2) is 0 Å². The molecule has 0 aromatic rings. The molecule has 0 unspecified atom stereocenters. The van der Waals surface area contributed by atoms with Gasteiger partial charge in [-0.15, -0.1) is 0 Å². The van der Waals surface area contributed by atoms with Crippen molar-refractivity contribution in [3.63, 3.8) is 0 Å². The molecule has 7 heterocycles. The van der Waals surface area contributed by atoms with Gasteiger partial charge in [0.1, 0.15) is 39.2 Å². The summed E-state index contributed by atoms with van der Waals surface area (Å²) in [6, 6.07) is 0. The van der Waals surface area contributed by atoms with Crippen molar-refractivity contribution in [1.29, 1.82) is 0 Å². The van der Waals surface area contributed by atoms with Crippen LogP contribution in [0.5, 0.6) is 0 Å². The van der Waals surface area contributed by atoms with Gasteiger partial charge in [-0.25, -0.2) is 33.6 Å². The van der Waals surface area contributed by atoms with Crippen LogP contribution in [0, 0.1) is 0 Å². The molecule has 0 aromatic heterocycles. The zero-order chi connectivity index (χ0) is 101. The molecule has 28 nitrogen and oxygen atoms in total. The van der Waals surface area contributed by atoms with Gasteiger partial charge < -0.3 is 103 Å². The quantitative estimate of drug-likeness (QED) is 0.111. The lowest BCUT2D eigenvalue weighted by molar-refractivity contribution is 0.00343. The molecule has 0 bridgehead atoms. The summed E-state index contributed by atoms with van der Waals surface area (Å²) in [6.45, 7) is 13.6. The van der Waals surface area contributed by atoms with Crippen LogP contribution in [0.25, 0.3) is 0 Å². The second kappa shape index (κ2) is 41.5. The van der Waals surface area contributed by atoms with Crippen molar-refractivity contribution in [1.82, 2.24) is 34.3 Å². The maximum absolute atomic E-state index is 12.1. The highest BCUT2D eigenvalue weighted by Gasteiger charge is 2.33. The fraction of sp³-hybridized carbons (Fsp3) is 0.900. The summed E-state index contributed by atoms with van der Waals surface area (Å²) in [4.78, 5) is 87.4. The van der Waals surface area contributed by atoms with Crippen molar-refractivity contribution >= 4 is 42.7 Å². The first-order valence-electron chi connectivity index (χ1n) is 45.9. The van der Waals surface area contributed by atoms with Gasteiger partial charge in [0.25, 0.3) is 0 Å². The summed E-state index contributed by atoms with van der Waals surface area (Å²) in [7, 11) is 0. The van der Waals surface area contributed by atoms with Crippen LogP contribution in [0.15, 0.2) is 0 Å². The number of rotatable bonds is 0. The van der Waals surface area contributed by atoms with E-state index in [1.165, 1.54) is 46.4 Å². The Labute approximate surface area is 625 Å². The minimum absolute atomic E-state index is 0.000697. The van der Waals surface area contributed by atoms with Gasteiger partial charge in [-0.3, -0.25) is 0 Å². The number of piperidine rings is 7. The Hall–Kier alpha value is -5.39. The van der Waals surface area contributed by atoms with E-state index < -0.39 is 215 Å². The van der Waals surface area contributed by atoms with Crippen LogP contribution in [-0.2, 0) is 33.2 Å². The van der Waals surface area contributed by atoms with Crippen molar-refractivity contribution in [2.75, 3.05) is 91.2 Å². The van der Waals surface area contributed by atoms with Crippen LogP contribution < -0.4 is 0 Å². The molecule has 7 rings (SSSR count). The number of carbonyl (C=O) groups is 7. The molecular formula is C70H133N7O21. The summed E-state index contributed by atoms with van der Waals surface area (Å²) in [5.74, 6) is 0. The third-order valence-corrected chi connectivity index (χ3v) is 11.1. The van der Waals surface area contributed by atoms with Crippen molar-refractivity contribution in [3.05, 3.63) is 0 Å². The molecule has 98 heavy (non-hydrogen) atoms. The average molecular weight is 1440 g/mol. The van der Waals surface area contributed by atoms with Gasteiger partial charge in [-0.05, 0) is 235 Å². The minimum atomic E-state index is -3.34. The molecular weight excluding hydrogens is 1270 g/mol. The van der Waals surface area contributed by atoms with E-state index in [0.717, 1.165) is 14.7 Å². The molecule has 7 aliphatic heterocycles. The van der Waals surface area contributed by atoms with Crippen molar-refractivity contribution in [2.45, 2.75) is 317 Å². The Morgan fingerprint density at radius 1 is 0.286 bits per heavy atom. The molecule has 28 heteroatoms. The number of ether oxygens (including phenoxy) is 7. The number of carbonyl (C=O) groups excluding carboxylic acids is 7. The smallest absolute Gasteiger partial charge is 0.410 e. The predicted octanol–water partition coefficient (Wildman–Crippen LogP) is 9.65. The van der Waals surface area contributed by atoms with E-state index in [1.54, 1.807) is 104 Å². The fourth-order valence-electron chi connectivity index (χ4n) is 7.28. The van der Waals surface area contributed by atoms with E-state index in [0.29, 0.717) is 30.7 Å². The summed E-state index contributed by atoms with van der Waals surface area (Å²) >= 11 is 0. The molecule has 0 aliphatic carbocycles. The zero-order valence-corrected chi connectivity index (χ0v) is 61.0. The Kier molecular flexibility index (Phi) is 22.6. The number of aliphatic hydroxyl groups excluding tert-OH is 3. The van der Waals surface area contributed by atoms with E-state index in [9.17, 15) is 69.3 Å². The van der Waals surface area contributed by atoms with E-state index in [4.69, 9.17) is 71.5 Å². The molecule has 7 N–H and O–H groups in total. The first-order valence-corrected chi connectivity index (χ1v) is 31.9. The highest BCUT2D eigenvalue weighted by molar-refractivity contribution is 5.71. The molecule has 0 aromatic carbocycles. The minimum Gasteiger partial charge on any atom is -0.444 e. The summed E-state index contributed by atoms with van der Waals surface area (Å²) in [5, 5.41) is 67.7. The van der Waals surface area contributed by atoms with Gasteiger partial charge in [0.05, 0.1) is 59.1 Å². The third-order valence-electron chi connectivity index (χ3n) is 11.1. The molecule has 0 spiro atoms. The van der Waals surface area contributed by atoms with Crippen molar-refractivity contribution in [2.24, 2.45) is 0 Å². The van der Waals surface area contributed by atoms with Crippen LogP contribution in [0.2, 0.25) is 0 Å². The lowest BCUT2D eigenvalue weighted by Gasteiger charge is -2.32. The van der Waals surface area contributed by atoms with Crippen LogP contribution in [0.4, 0.5) is 33.6 Å². The van der Waals surface area contributed by atoms with E-state index in [2.05, 4.69) is 0 Å². The Balaban J connectivity index is 0.000000737. The number of aliphatic hydroxyl groups is 7. The Morgan fingerprint density at radius 3 is 0.949 bits per heavy atom. The third kappa shape index (κ3) is 44.7. The molecule has 7 fully saturated rings. The van der Waals surface area contributed by atoms with Crippen LogP contribution >= 0.6 is 0 Å². The normalized spacial score (nSPS) is 36.8. The second-order valence-corrected chi connectivity index (χ2v) is 29.1. The monoisotopic (exact) mass is 1440 g/mol. The molecule has 574 valence electrons. The standard InChI is InChI=1S/7C10H19NO3/c7*1-10(2,3)14-9(13)11-6-4-5-8(12)7-11/h7*8,12H,4-7H2,1-3H3/t7*8-/m0000000/s1/i5D2,6D2,7D2,8D;5D2,7D2,8D;5D2,6D2,7D2;6D2,8D;5D2,7D2;8D;6D2. The van der Waals surface area contributed by atoms with Gasteiger partial charge in [0, 0.05) is 113 Å². The summed E-state index contributed by atoms with van der Waals surface area (Å²) in [5.41, 5.74) is -5.54. The largest absolute Gasteiger partial charge is 0.444 e. The summed E-state index contributed by atoms with van der Waals surface area (Å²) in [6.07, 6.45) is -31.8. The fourth-order valence-corrected chi connectivity index (χ4v) is 7.28. The van der Waals surface area contributed by atoms with E-state index >= 15 is 0 Å². The Morgan fingerprint density at radius 2 is 0.541 bits per heavy atom. The second-order valence-electron chi connectivity index (χ2n) is 29.1. The van der Waals surface area contributed by atoms with Gasteiger partial charge in [-0.1, -0.05) is 0 Å². The molecule has 0 saturated carbocycles. The van der Waals surface area contributed by atoms with Crippen molar-refractivity contribution < 1.29 is 141 Å². The predicted molar refractivity (Wildman–Crippen MR) is 371 cm³/mol. The van der Waals surface area contributed by atoms with Gasteiger partial charge in [0.2, 0.25) is 0 Å². The topological polar surface area (TPSA) is 348 Å². The van der Waals surface area contributed by atoms with Crippen LogP contribution in [0.3, 0.4) is 0 Å². The van der Waals surface area contributed by atoms with Gasteiger partial charge in [-0.2, -0.15) is 0 Å². The first-order chi connectivity index (χ1) is 54.9. The molecule has 7 saturated heterocycles. The van der Waals surface area contributed by atoms with Crippen molar-refractivity contribution in [3.8, 4) is 0 Å². The number of hydrogen-bond acceptors (Lipinski definition) is 21. The van der Waals surface area contributed by atoms with Crippen LogP contribution in [0.1, 0.15) is 273 Å². The highest BCUT2D eigenvalue weighted by Crippen LogP contribution is 2.22. The maximum Gasteiger partial charge on any atom is 0.410 e. The Bertz CT molecular complexity index is 3710. The van der Waals surface area contributed by atoms with E-state index in [1.807, 2.05) is 0 Å². The number of hydrogen-bond donors (Lipinski definition) is 7. The molecule has 7 atom stereocenters. The SMILES string of the molecule is [2H]C1([2H])CC([2H])([2H])N(C(=O)OC(C)(C)C)C([2H])([2H])[C@H]1O.[2H]C1([2H])CC([2H])([2H])[C@]([2H])(O)C([2H])([2H])N1C(=O)OC(C)(C)C.[2H]C1([2H])CCN(C(=O)OC(C)(C)C)C([2H])([2H])[C@@]1([2H])O.[2H]C1([2H])CCN(C(=O)OC(C)(C)C)C([2H])([2H])[C@H]1O.[2H]C1([2H])CC[C@H](O)CN1C(=O)OC(C)(C)C.[2H]C1([2H])CC[C@]([2H])(O)CN1C(=O)OC(C)(C)C.[2H][C@]1(O)CCCN(C(=O)OC(C)(C)C)C1. The van der Waals surface area contributed by atoms with Crippen LogP contribution in [-0.4, -0.2) is 286 Å². The average Bonchev–Trinajstić information content (AvgIpc) is 0.699. The lowest BCUT2D eigenvalue weighted by atomic mass is 10.1. The lowest BCUT2D eigenvalue weighted by Crippen LogP contribution is -2.44. The number of amides is 7. The van der Waals surface area contributed by atoms with E-state index in [-0.39, 0.29) is 74.6 Å².